The molecule has 1 atom stereocenters. The van der Waals surface area contributed by atoms with E-state index in [9.17, 15) is 14.4 Å². The number of amides is 2. The van der Waals surface area contributed by atoms with Gasteiger partial charge in [-0.15, -0.1) is 0 Å². The first-order valence-corrected chi connectivity index (χ1v) is 17.3. The molecule has 0 bridgehead atoms. The predicted octanol–water partition coefficient (Wildman–Crippen LogP) is 7.58. The number of hydrogen-bond acceptors (Lipinski definition) is 8. The highest BCUT2D eigenvalue weighted by Crippen LogP contribution is 2.35. The Hall–Kier alpha value is -4.45. The van der Waals surface area contributed by atoms with Crippen molar-refractivity contribution in [3.8, 4) is 0 Å². The first-order chi connectivity index (χ1) is 23.1. The fourth-order valence-corrected chi connectivity index (χ4v) is 6.32. The van der Waals surface area contributed by atoms with Crippen LogP contribution in [0.25, 0.3) is 21.8 Å². The number of unbranched alkanes of at least 4 members (excludes halogenated alkanes) is 3. The Morgan fingerprint density at radius 1 is 0.939 bits per heavy atom. The van der Waals surface area contributed by atoms with Crippen LogP contribution < -0.4 is 10.6 Å². The molecule has 3 aromatic heterocycles. The van der Waals surface area contributed by atoms with Crippen LogP contribution in [0.2, 0.25) is 0 Å². The van der Waals surface area contributed by atoms with Crippen molar-refractivity contribution in [2.45, 2.75) is 111 Å². The summed E-state index contributed by atoms with van der Waals surface area (Å²) < 4.78 is 14.7. The molecule has 49 heavy (non-hydrogen) atoms. The lowest BCUT2D eigenvalue weighted by Gasteiger charge is -2.24. The third-order valence-electron chi connectivity index (χ3n) is 8.56. The second-order valence-electron chi connectivity index (χ2n) is 15.0. The van der Waals surface area contributed by atoms with Crippen LogP contribution in [0.3, 0.4) is 0 Å². The van der Waals surface area contributed by atoms with Gasteiger partial charge in [0.1, 0.15) is 17.0 Å². The number of pyridine rings is 1. The summed E-state index contributed by atoms with van der Waals surface area (Å²) in [6, 6.07) is 9.42. The molecule has 1 aromatic carbocycles. The van der Waals surface area contributed by atoms with Crippen LogP contribution in [-0.2, 0) is 16.0 Å². The average molecular weight is 674 g/mol. The number of aryl methyl sites for hydroxylation is 2. The second kappa shape index (κ2) is 14.6. The molecule has 0 unspecified atom stereocenters. The lowest BCUT2D eigenvalue weighted by molar-refractivity contribution is 0.0518. The first-order valence-electron chi connectivity index (χ1n) is 17.3. The summed E-state index contributed by atoms with van der Waals surface area (Å²) in [7, 11) is 2.07. The summed E-state index contributed by atoms with van der Waals surface area (Å²) in [6.45, 7) is 15.3. The topological polar surface area (TPSA) is 133 Å². The molecule has 0 aliphatic carbocycles. The lowest BCUT2D eigenvalue weighted by atomic mass is 10.1. The van der Waals surface area contributed by atoms with Gasteiger partial charge in [0.2, 0.25) is 0 Å². The van der Waals surface area contributed by atoms with Crippen molar-refractivity contribution in [2.75, 3.05) is 25.5 Å². The molecule has 12 heteroatoms. The van der Waals surface area contributed by atoms with Gasteiger partial charge in [-0.3, -0.25) is 14.4 Å². The van der Waals surface area contributed by atoms with E-state index in [4.69, 9.17) is 14.6 Å². The summed E-state index contributed by atoms with van der Waals surface area (Å²) >= 11 is 0. The summed E-state index contributed by atoms with van der Waals surface area (Å²) in [5.74, 6) is 0.0421. The Labute approximate surface area is 288 Å². The highest BCUT2D eigenvalue weighted by atomic mass is 16.6. The highest BCUT2D eigenvalue weighted by Gasteiger charge is 2.31. The fourth-order valence-electron chi connectivity index (χ4n) is 6.32. The fraction of sp³-hybridized carbons (Fsp3) is 0.541. The minimum absolute atomic E-state index is 0.0826. The number of carbonyl (C=O) groups excluding carboxylic acids is 3. The molecule has 1 aliphatic heterocycles. The number of anilines is 1. The van der Waals surface area contributed by atoms with Crippen LogP contribution in [-0.4, -0.2) is 73.7 Å². The van der Waals surface area contributed by atoms with Gasteiger partial charge in [-0.2, -0.15) is 5.10 Å². The number of hydrogen-bond donors (Lipinski definition) is 2. The van der Waals surface area contributed by atoms with Crippen LogP contribution in [0.5, 0.6) is 0 Å². The normalized spacial score (nSPS) is 15.6. The molecule has 12 nitrogen and oxygen atoms in total. The summed E-state index contributed by atoms with van der Waals surface area (Å²) in [6.07, 6.45) is 6.57. The quantitative estimate of drug-likeness (QED) is 0.165. The summed E-state index contributed by atoms with van der Waals surface area (Å²) in [5, 5.41) is 12.3. The van der Waals surface area contributed by atoms with Crippen LogP contribution >= 0.6 is 0 Å². The minimum atomic E-state index is -0.666. The number of nitrogens with zero attached hydrogens (tertiary/aromatic N) is 5. The molecule has 0 spiro atoms. The molecule has 2 amide bonds. The average Bonchev–Trinajstić information content (AvgIpc) is 3.69. The number of ether oxygens (including phenoxy) is 2. The molecule has 0 radical (unpaired) electrons. The molecule has 5 rings (SSSR count). The molecule has 264 valence electrons. The summed E-state index contributed by atoms with van der Waals surface area (Å²) in [4.78, 5) is 45.7. The second-order valence-corrected chi connectivity index (χ2v) is 15.0. The van der Waals surface area contributed by atoms with E-state index in [-0.39, 0.29) is 18.0 Å². The lowest BCUT2D eigenvalue weighted by Crippen LogP contribution is -2.32. The van der Waals surface area contributed by atoms with Gasteiger partial charge in [-0.1, -0.05) is 18.9 Å². The zero-order chi connectivity index (χ0) is 35.5. The molecule has 1 aliphatic rings. The standard InChI is InChI=1S/C37H51N7O5/c1-24-27-16-15-25(20-30(27)43(41-24)19-12-10-9-11-17-38-34(46)48-36(2,3)4)33(45)40-32-22-29-26(23-39-32)21-31(28-14-13-18-42(28)8)44(29)35(47)49-37(5,6)7/h15-16,20-23,28H,9-14,17-19H2,1-8H3,(H,38,46)(H,39,40,45)/t28-/m1/s1. The van der Waals surface area contributed by atoms with Crippen molar-refractivity contribution >= 4 is 45.7 Å². The van der Waals surface area contributed by atoms with Gasteiger partial charge in [0.05, 0.1) is 22.8 Å². The smallest absolute Gasteiger partial charge is 0.419 e. The van der Waals surface area contributed by atoms with E-state index in [1.54, 1.807) is 22.9 Å². The van der Waals surface area contributed by atoms with Gasteiger partial charge in [0.25, 0.3) is 5.91 Å². The Kier molecular flexibility index (Phi) is 10.7. The molecule has 1 fully saturated rings. The maximum Gasteiger partial charge on any atom is 0.419 e. The highest BCUT2D eigenvalue weighted by molar-refractivity contribution is 6.06. The minimum Gasteiger partial charge on any atom is -0.444 e. The maximum atomic E-state index is 13.5. The number of alkyl carbamates (subject to hydrolysis) is 1. The zero-order valence-corrected chi connectivity index (χ0v) is 30.2. The maximum absolute atomic E-state index is 13.5. The van der Waals surface area contributed by atoms with E-state index in [0.29, 0.717) is 30.0 Å². The molecule has 4 aromatic rings. The van der Waals surface area contributed by atoms with Gasteiger partial charge < -0.3 is 20.1 Å². The molecule has 4 heterocycles. The molecular weight excluding hydrogens is 622 g/mol. The number of likely N-dealkylation sites (tertiary alicyclic amines) is 1. The number of aromatic nitrogens is 4. The van der Waals surface area contributed by atoms with Gasteiger partial charge in [0, 0.05) is 47.4 Å². The van der Waals surface area contributed by atoms with Crippen molar-refractivity contribution < 1.29 is 23.9 Å². The van der Waals surface area contributed by atoms with Gasteiger partial charge in [0.15, 0.2) is 0 Å². The van der Waals surface area contributed by atoms with E-state index in [2.05, 4.69) is 27.6 Å². The Bertz CT molecular complexity index is 1830. The van der Waals surface area contributed by atoms with E-state index >= 15 is 0 Å². The van der Waals surface area contributed by atoms with Crippen molar-refractivity contribution in [1.29, 1.82) is 0 Å². The van der Waals surface area contributed by atoms with E-state index in [0.717, 1.165) is 72.7 Å². The molecular formula is C37H51N7O5. The molecule has 2 N–H and O–H groups in total. The van der Waals surface area contributed by atoms with Crippen LogP contribution in [0.4, 0.5) is 15.4 Å². The zero-order valence-electron chi connectivity index (χ0n) is 30.2. The van der Waals surface area contributed by atoms with Gasteiger partial charge in [-0.25, -0.2) is 19.1 Å². The third-order valence-corrected chi connectivity index (χ3v) is 8.56. The van der Waals surface area contributed by atoms with Gasteiger partial charge in [-0.05, 0) is 106 Å². The number of benzene rings is 1. The van der Waals surface area contributed by atoms with Crippen LogP contribution in [0.1, 0.15) is 108 Å². The van der Waals surface area contributed by atoms with E-state index in [1.807, 2.05) is 71.3 Å². The SMILES string of the molecule is Cc1nn(CCCCCCNC(=O)OC(C)(C)C)c2cc(C(=O)Nc3cc4c(cn3)cc([C@H]3CCCN3C)n4C(=O)OC(C)(C)C)ccc12. The third kappa shape index (κ3) is 8.97. The summed E-state index contributed by atoms with van der Waals surface area (Å²) in [5.41, 5.74) is 2.61. The Balaban J connectivity index is 1.27. The Morgan fingerprint density at radius 3 is 2.37 bits per heavy atom. The number of fused-ring (bicyclic) bond motifs is 2. The molecule has 0 saturated carbocycles. The largest absolute Gasteiger partial charge is 0.444 e. The monoisotopic (exact) mass is 673 g/mol. The van der Waals surface area contributed by atoms with Crippen LogP contribution in [0.15, 0.2) is 36.5 Å². The van der Waals surface area contributed by atoms with E-state index < -0.39 is 17.3 Å². The van der Waals surface area contributed by atoms with Crippen molar-refractivity contribution in [1.82, 2.24) is 29.5 Å². The Morgan fingerprint density at radius 2 is 1.67 bits per heavy atom. The van der Waals surface area contributed by atoms with Crippen molar-refractivity contribution in [3.63, 3.8) is 0 Å². The number of nitrogens with one attached hydrogen (secondary N) is 2. The predicted molar refractivity (Wildman–Crippen MR) is 191 cm³/mol. The van der Waals surface area contributed by atoms with Crippen molar-refractivity contribution in [3.05, 3.63) is 53.5 Å². The number of rotatable bonds is 10. The number of carbonyl (C=O) groups is 3. The molecule has 1 saturated heterocycles. The van der Waals surface area contributed by atoms with Crippen molar-refractivity contribution in [2.24, 2.45) is 0 Å². The van der Waals surface area contributed by atoms with Crippen LogP contribution in [0, 0.1) is 6.92 Å². The first kappa shape index (κ1) is 35.8. The van der Waals surface area contributed by atoms with E-state index in [1.165, 1.54) is 0 Å². The van der Waals surface area contributed by atoms with Gasteiger partial charge >= 0.3 is 12.2 Å².